The quantitative estimate of drug-likeness (QED) is 0.244. The molecule has 5 nitrogen and oxygen atoms in total. The molecule has 2 aromatic carbocycles. The lowest BCUT2D eigenvalue weighted by atomic mass is 10.1. The fourth-order valence-electron chi connectivity index (χ4n) is 2.35. The van der Waals surface area contributed by atoms with Crippen LogP contribution in [-0.4, -0.2) is 12.6 Å². The van der Waals surface area contributed by atoms with Gasteiger partial charge >= 0.3 is 5.97 Å². The molecule has 0 fully saturated rings. The van der Waals surface area contributed by atoms with Gasteiger partial charge < -0.3 is 9.47 Å². The van der Waals surface area contributed by atoms with Gasteiger partial charge in [-0.1, -0.05) is 25.1 Å². The lowest BCUT2D eigenvalue weighted by Gasteiger charge is -2.09. The minimum atomic E-state index is -0.345. The van der Waals surface area contributed by atoms with E-state index in [2.05, 4.69) is 22.9 Å². The first-order chi connectivity index (χ1) is 13.5. The average Bonchev–Trinajstić information content (AvgIpc) is 2.71. The Kier molecular flexibility index (Phi) is 8.27. The average molecular weight is 439 g/mol. The number of nitrogens with zero attached hydrogens (tertiary/aromatic N) is 2. The van der Waals surface area contributed by atoms with E-state index in [1.807, 2.05) is 18.2 Å². The molecule has 2 aromatic rings. The lowest BCUT2D eigenvalue weighted by Crippen LogP contribution is -2.10. The van der Waals surface area contributed by atoms with Crippen molar-refractivity contribution in [1.29, 1.82) is 10.5 Å². The van der Waals surface area contributed by atoms with E-state index in [1.54, 1.807) is 36.4 Å². The van der Waals surface area contributed by atoms with Crippen LogP contribution in [0.25, 0.3) is 6.08 Å². The third-order valence-corrected chi connectivity index (χ3v) is 4.47. The van der Waals surface area contributed by atoms with Crippen LogP contribution in [0.2, 0.25) is 0 Å². The van der Waals surface area contributed by atoms with Crippen LogP contribution in [0, 0.1) is 22.7 Å². The van der Waals surface area contributed by atoms with Crippen molar-refractivity contribution in [3.05, 3.63) is 63.6 Å². The molecule has 28 heavy (non-hydrogen) atoms. The summed E-state index contributed by atoms with van der Waals surface area (Å²) < 4.78 is 11.9. The summed E-state index contributed by atoms with van der Waals surface area (Å²) in [5, 5.41) is 17.5. The van der Waals surface area contributed by atoms with Crippen LogP contribution in [0.3, 0.4) is 0 Å². The number of allylic oxidation sites excluding steroid dienone is 1. The Balaban J connectivity index is 1.78. The largest absolute Gasteiger partial charge is 0.492 e. The van der Waals surface area contributed by atoms with E-state index in [9.17, 15) is 4.79 Å². The van der Waals surface area contributed by atoms with Gasteiger partial charge in [-0.15, -0.1) is 0 Å². The molecule has 0 amide bonds. The Morgan fingerprint density at radius 3 is 2.46 bits per heavy atom. The van der Waals surface area contributed by atoms with E-state index >= 15 is 0 Å². The topological polar surface area (TPSA) is 83.1 Å². The molecule has 0 saturated carbocycles. The zero-order valence-electron chi connectivity index (χ0n) is 15.4. The summed E-state index contributed by atoms with van der Waals surface area (Å²) in [6.07, 6.45) is 3.20. The second-order valence-corrected chi connectivity index (χ2v) is 6.75. The Morgan fingerprint density at radius 1 is 1.14 bits per heavy atom. The van der Waals surface area contributed by atoms with Crippen molar-refractivity contribution < 1.29 is 14.3 Å². The van der Waals surface area contributed by atoms with Crippen molar-refractivity contribution in [2.45, 2.75) is 26.2 Å². The van der Waals surface area contributed by atoms with Crippen LogP contribution in [0.1, 0.15) is 30.9 Å². The van der Waals surface area contributed by atoms with Gasteiger partial charge in [-0.3, -0.25) is 4.79 Å². The first-order valence-corrected chi connectivity index (χ1v) is 9.59. The highest BCUT2D eigenvalue weighted by molar-refractivity contribution is 9.10. The maximum Gasteiger partial charge on any atom is 0.311 e. The molecule has 0 unspecified atom stereocenters. The Bertz CT molecular complexity index is 922. The molecule has 0 saturated heterocycles. The number of carbonyl (C=O) groups is 1. The molecule has 2 rings (SSSR count). The number of aryl methyl sites for hydroxylation is 1. The van der Waals surface area contributed by atoms with Gasteiger partial charge in [-0.2, -0.15) is 10.5 Å². The Labute approximate surface area is 172 Å². The van der Waals surface area contributed by atoms with Gasteiger partial charge in [0.2, 0.25) is 0 Å². The van der Waals surface area contributed by atoms with Crippen molar-refractivity contribution in [3.63, 3.8) is 0 Å². The highest BCUT2D eigenvalue weighted by Crippen LogP contribution is 2.26. The third kappa shape index (κ3) is 6.57. The Morgan fingerprint density at radius 2 is 1.86 bits per heavy atom. The SMILES string of the molecule is CCc1ccc(OCCCC(=O)Oc2ccc(C=C(C#N)C#N)cc2)c(Br)c1. The molecule has 0 radical (unpaired) electrons. The van der Waals surface area contributed by atoms with Crippen molar-refractivity contribution in [1.82, 2.24) is 0 Å². The van der Waals surface area contributed by atoms with Crippen LogP contribution >= 0.6 is 15.9 Å². The Hall–Kier alpha value is -3.09. The predicted octanol–water partition coefficient (Wildman–Crippen LogP) is 5.21. The summed E-state index contributed by atoms with van der Waals surface area (Å²) in [5.41, 5.74) is 1.92. The van der Waals surface area contributed by atoms with Gasteiger partial charge in [-0.25, -0.2) is 0 Å². The maximum absolute atomic E-state index is 11.9. The lowest BCUT2D eigenvalue weighted by molar-refractivity contribution is -0.134. The van der Waals surface area contributed by atoms with E-state index in [0.717, 1.165) is 16.6 Å². The molecule has 0 aliphatic heterocycles. The van der Waals surface area contributed by atoms with Crippen molar-refractivity contribution in [2.24, 2.45) is 0 Å². The minimum Gasteiger partial charge on any atom is -0.492 e. The minimum absolute atomic E-state index is 0.0146. The van der Waals surface area contributed by atoms with E-state index < -0.39 is 0 Å². The van der Waals surface area contributed by atoms with Gasteiger partial charge in [0.1, 0.15) is 29.2 Å². The molecular weight excluding hydrogens is 420 g/mol. The number of carbonyl (C=O) groups excluding carboxylic acids is 1. The third-order valence-electron chi connectivity index (χ3n) is 3.85. The van der Waals surface area contributed by atoms with Gasteiger partial charge in [0.05, 0.1) is 11.1 Å². The van der Waals surface area contributed by atoms with E-state index in [0.29, 0.717) is 24.3 Å². The fraction of sp³-hybridized carbons (Fsp3) is 0.227. The van der Waals surface area contributed by atoms with Crippen LogP contribution in [0.4, 0.5) is 0 Å². The maximum atomic E-state index is 11.9. The number of hydrogen-bond acceptors (Lipinski definition) is 5. The monoisotopic (exact) mass is 438 g/mol. The number of rotatable bonds is 8. The van der Waals surface area contributed by atoms with E-state index in [1.165, 1.54) is 11.6 Å². The second kappa shape index (κ2) is 10.9. The van der Waals surface area contributed by atoms with Crippen molar-refractivity contribution in [2.75, 3.05) is 6.61 Å². The highest BCUT2D eigenvalue weighted by Gasteiger charge is 2.07. The summed E-state index contributed by atoms with van der Waals surface area (Å²) in [6.45, 7) is 2.50. The molecule has 0 N–H and O–H groups in total. The summed E-state index contributed by atoms with van der Waals surface area (Å²) in [7, 11) is 0. The van der Waals surface area contributed by atoms with Gasteiger partial charge in [0.25, 0.3) is 0 Å². The molecular formula is C22H19BrN2O3. The van der Waals surface area contributed by atoms with Crippen LogP contribution in [0.15, 0.2) is 52.5 Å². The summed E-state index contributed by atoms with van der Waals surface area (Å²) >= 11 is 3.49. The molecule has 0 heterocycles. The van der Waals surface area contributed by atoms with E-state index in [-0.39, 0.29) is 18.0 Å². The molecule has 6 heteroatoms. The fourth-order valence-corrected chi connectivity index (χ4v) is 2.89. The highest BCUT2D eigenvalue weighted by atomic mass is 79.9. The number of benzene rings is 2. The normalized spacial score (nSPS) is 9.71. The molecule has 0 atom stereocenters. The van der Waals surface area contributed by atoms with Crippen molar-refractivity contribution >= 4 is 28.0 Å². The van der Waals surface area contributed by atoms with Gasteiger partial charge in [0.15, 0.2) is 0 Å². The van der Waals surface area contributed by atoms with E-state index in [4.69, 9.17) is 20.0 Å². The zero-order valence-corrected chi connectivity index (χ0v) is 17.0. The molecule has 142 valence electrons. The number of esters is 1. The summed E-state index contributed by atoms with van der Waals surface area (Å²) in [6, 6.07) is 16.2. The predicted molar refractivity (Wildman–Crippen MR) is 110 cm³/mol. The smallest absolute Gasteiger partial charge is 0.311 e. The van der Waals surface area contributed by atoms with Crippen LogP contribution in [0.5, 0.6) is 11.5 Å². The van der Waals surface area contributed by atoms with Crippen LogP contribution < -0.4 is 9.47 Å². The first-order valence-electron chi connectivity index (χ1n) is 8.79. The van der Waals surface area contributed by atoms with Gasteiger partial charge in [0, 0.05) is 6.42 Å². The summed E-state index contributed by atoms with van der Waals surface area (Å²) in [5.74, 6) is 0.821. The molecule has 0 spiro atoms. The second-order valence-electron chi connectivity index (χ2n) is 5.90. The standard InChI is InChI=1S/C22H19BrN2O3/c1-2-16-7-10-21(20(23)13-16)27-11-3-4-22(26)28-19-8-5-17(6-9-19)12-18(14-24)15-25/h5-10,12-13H,2-4,11H2,1H3. The van der Waals surface area contributed by atoms with Crippen molar-refractivity contribution in [3.8, 4) is 23.6 Å². The van der Waals surface area contributed by atoms with Crippen LogP contribution in [-0.2, 0) is 11.2 Å². The number of ether oxygens (including phenoxy) is 2. The number of nitriles is 2. The molecule has 0 aliphatic carbocycles. The number of hydrogen-bond donors (Lipinski definition) is 0. The summed E-state index contributed by atoms with van der Waals surface area (Å²) in [4.78, 5) is 11.9. The zero-order chi connectivity index (χ0) is 20.4. The molecule has 0 bridgehead atoms. The number of halogens is 1. The molecule has 0 aromatic heterocycles. The molecule has 0 aliphatic rings. The first kappa shape index (κ1) is 21.2. The van der Waals surface area contributed by atoms with Gasteiger partial charge in [-0.05, 0) is 70.2 Å².